The minimum atomic E-state index is 0.120. The molecule has 1 heterocycles. The smallest absolute Gasteiger partial charge is 0.202 e. The average Bonchev–Trinajstić information content (AvgIpc) is 2.23. The van der Waals surface area contributed by atoms with Crippen LogP contribution in [0.15, 0.2) is 29.2 Å². The van der Waals surface area contributed by atoms with Crippen LogP contribution in [0.3, 0.4) is 0 Å². The Hall–Kier alpha value is -0.840. The van der Waals surface area contributed by atoms with Gasteiger partial charge in [-0.3, -0.25) is 4.79 Å². The fourth-order valence-electron chi connectivity index (χ4n) is 1.58. The Morgan fingerprint density at radius 3 is 2.93 bits per heavy atom. The SMILES string of the molecule is CCc1cccc2c(=O)c(I)c[nH]c12. The second-order valence-electron chi connectivity index (χ2n) is 3.16. The van der Waals surface area contributed by atoms with E-state index in [0.29, 0.717) is 0 Å². The first-order valence-corrected chi connectivity index (χ1v) is 5.60. The van der Waals surface area contributed by atoms with Crippen molar-refractivity contribution in [3.8, 4) is 0 Å². The van der Waals surface area contributed by atoms with E-state index in [9.17, 15) is 4.79 Å². The molecule has 1 aromatic carbocycles. The highest BCUT2D eigenvalue weighted by Crippen LogP contribution is 2.14. The number of fused-ring (bicyclic) bond motifs is 1. The predicted molar refractivity (Wildman–Crippen MR) is 66.7 cm³/mol. The number of benzene rings is 1. The van der Waals surface area contributed by atoms with Crippen molar-refractivity contribution in [2.45, 2.75) is 13.3 Å². The van der Waals surface area contributed by atoms with Crippen LogP contribution in [-0.2, 0) is 6.42 Å². The lowest BCUT2D eigenvalue weighted by atomic mass is 10.1. The van der Waals surface area contributed by atoms with Gasteiger partial charge < -0.3 is 4.98 Å². The van der Waals surface area contributed by atoms with Gasteiger partial charge in [0.25, 0.3) is 0 Å². The van der Waals surface area contributed by atoms with Gasteiger partial charge in [-0.05, 0) is 40.6 Å². The first-order chi connectivity index (χ1) is 6.74. The number of para-hydroxylation sites is 1. The quantitative estimate of drug-likeness (QED) is 0.807. The highest BCUT2D eigenvalue weighted by molar-refractivity contribution is 14.1. The molecule has 0 aliphatic rings. The van der Waals surface area contributed by atoms with Gasteiger partial charge in [0, 0.05) is 11.6 Å². The van der Waals surface area contributed by atoms with Gasteiger partial charge in [-0.25, -0.2) is 0 Å². The summed E-state index contributed by atoms with van der Waals surface area (Å²) in [6.07, 6.45) is 2.71. The van der Waals surface area contributed by atoms with E-state index in [1.54, 1.807) is 6.20 Å². The number of pyridine rings is 1. The van der Waals surface area contributed by atoms with Crippen LogP contribution in [0.4, 0.5) is 0 Å². The third kappa shape index (κ3) is 1.45. The zero-order valence-corrected chi connectivity index (χ0v) is 9.96. The molecule has 2 rings (SSSR count). The summed E-state index contributed by atoms with van der Waals surface area (Å²) in [5.41, 5.74) is 2.28. The Morgan fingerprint density at radius 1 is 1.43 bits per heavy atom. The fourth-order valence-corrected chi connectivity index (χ4v) is 2.03. The molecule has 2 aromatic rings. The number of hydrogen-bond donors (Lipinski definition) is 1. The third-order valence-electron chi connectivity index (χ3n) is 2.34. The van der Waals surface area contributed by atoms with Gasteiger partial charge in [-0.1, -0.05) is 19.1 Å². The molecule has 0 aliphatic heterocycles. The molecule has 0 amide bonds. The maximum absolute atomic E-state index is 11.8. The van der Waals surface area contributed by atoms with Crippen molar-refractivity contribution in [1.29, 1.82) is 0 Å². The molecule has 1 aromatic heterocycles. The Morgan fingerprint density at radius 2 is 2.21 bits per heavy atom. The summed E-state index contributed by atoms with van der Waals surface area (Å²) in [5.74, 6) is 0. The van der Waals surface area contributed by atoms with Crippen LogP contribution in [-0.4, -0.2) is 4.98 Å². The second kappa shape index (κ2) is 3.73. The molecule has 0 bridgehead atoms. The Bertz CT molecular complexity index is 530. The van der Waals surface area contributed by atoms with Crippen LogP contribution < -0.4 is 5.43 Å². The molecule has 72 valence electrons. The number of aryl methyl sites for hydroxylation is 1. The lowest BCUT2D eigenvalue weighted by Crippen LogP contribution is -2.07. The monoisotopic (exact) mass is 299 g/mol. The maximum atomic E-state index is 11.8. The van der Waals surface area contributed by atoms with Gasteiger partial charge in [0.2, 0.25) is 5.43 Å². The molecule has 0 radical (unpaired) electrons. The first-order valence-electron chi connectivity index (χ1n) is 4.53. The largest absolute Gasteiger partial charge is 0.360 e. The van der Waals surface area contributed by atoms with Crippen LogP contribution in [0.5, 0.6) is 0 Å². The summed E-state index contributed by atoms with van der Waals surface area (Å²) in [6, 6.07) is 5.85. The molecule has 0 unspecified atom stereocenters. The number of aromatic amines is 1. The molecule has 1 N–H and O–H groups in total. The highest BCUT2D eigenvalue weighted by atomic mass is 127. The molecular weight excluding hydrogens is 289 g/mol. The van der Waals surface area contributed by atoms with Crippen molar-refractivity contribution >= 4 is 33.5 Å². The van der Waals surface area contributed by atoms with Gasteiger partial charge in [-0.2, -0.15) is 0 Å². The lowest BCUT2D eigenvalue weighted by molar-refractivity contribution is 1.14. The van der Waals surface area contributed by atoms with Crippen LogP contribution in [0, 0.1) is 3.57 Å². The molecule has 14 heavy (non-hydrogen) atoms. The van der Waals surface area contributed by atoms with E-state index in [-0.39, 0.29) is 5.43 Å². The Kier molecular flexibility index (Phi) is 2.58. The van der Waals surface area contributed by atoms with Crippen LogP contribution in [0.2, 0.25) is 0 Å². The van der Waals surface area contributed by atoms with E-state index in [1.807, 2.05) is 18.2 Å². The van der Waals surface area contributed by atoms with E-state index in [0.717, 1.165) is 20.9 Å². The molecule has 0 spiro atoms. The molecule has 0 aliphatic carbocycles. The van der Waals surface area contributed by atoms with Gasteiger partial charge in [-0.15, -0.1) is 0 Å². The number of H-pyrrole nitrogens is 1. The van der Waals surface area contributed by atoms with Gasteiger partial charge in [0.05, 0.1) is 9.09 Å². The van der Waals surface area contributed by atoms with Gasteiger partial charge >= 0.3 is 0 Å². The number of rotatable bonds is 1. The summed E-state index contributed by atoms with van der Waals surface area (Å²) < 4.78 is 0.739. The minimum absolute atomic E-state index is 0.120. The van der Waals surface area contributed by atoms with E-state index in [1.165, 1.54) is 5.56 Å². The molecule has 0 saturated heterocycles. The standard InChI is InChI=1S/C11H10INO/c1-2-7-4-3-5-8-10(7)13-6-9(12)11(8)14/h3-6H,2H2,1H3,(H,13,14). The van der Waals surface area contributed by atoms with E-state index in [4.69, 9.17) is 0 Å². The summed E-state index contributed by atoms with van der Waals surface area (Å²) >= 11 is 2.05. The Balaban J connectivity index is 2.93. The van der Waals surface area contributed by atoms with Gasteiger partial charge in [0.1, 0.15) is 0 Å². The van der Waals surface area contributed by atoms with Gasteiger partial charge in [0.15, 0.2) is 0 Å². The van der Waals surface area contributed by atoms with E-state index in [2.05, 4.69) is 34.5 Å². The summed E-state index contributed by atoms with van der Waals surface area (Å²) in [5, 5.41) is 0.788. The number of nitrogens with one attached hydrogen (secondary N) is 1. The number of hydrogen-bond acceptors (Lipinski definition) is 1. The van der Waals surface area contributed by atoms with Crippen molar-refractivity contribution in [2.24, 2.45) is 0 Å². The third-order valence-corrected chi connectivity index (χ3v) is 3.14. The molecule has 2 nitrogen and oxygen atoms in total. The summed E-state index contributed by atoms with van der Waals surface area (Å²) in [6.45, 7) is 2.09. The zero-order chi connectivity index (χ0) is 10.1. The van der Waals surface area contributed by atoms with E-state index >= 15 is 0 Å². The molecule has 0 atom stereocenters. The Labute approximate surface area is 95.5 Å². The van der Waals surface area contributed by atoms with Crippen LogP contribution >= 0.6 is 22.6 Å². The maximum Gasteiger partial charge on any atom is 0.202 e. The number of halogens is 1. The first kappa shape index (κ1) is 9.71. The topological polar surface area (TPSA) is 32.9 Å². The normalized spacial score (nSPS) is 10.7. The fraction of sp³-hybridized carbons (Fsp3) is 0.182. The van der Waals surface area contributed by atoms with Crippen molar-refractivity contribution in [1.82, 2.24) is 4.98 Å². The highest BCUT2D eigenvalue weighted by Gasteiger charge is 2.04. The lowest BCUT2D eigenvalue weighted by Gasteiger charge is -2.03. The second-order valence-corrected chi connectivity index (χ2v) is 4.32. The van der Waals surface area contributed by atoms with Crippen LogP contribution in [0.25, 0.3) is 10.9 Å². The summed E-state index contributed by atoms with van der Waals surface area (Å²) in [4.78, 5) is 14.9. The van der Waals surface area contributed by atoms with Crippen molar-refractivity contribution < 1.29 is 0 Å². The van der Waals surface area contributed by atoms with Crippen LogP contribution in [0.1, 0.15) is 12.5 Å². The zero-order valence-electron chi connectivity index (χ0n) is 7.80. The minimum Gasteiger partial charge on any atom is -0.360 e. The molecule has 0 fully saturated rings. The predicted octanol–water partition coefficient (Wildman–Crippen LogP) is 2.70. The van der Waals surface area contributed by atoms with Crippen molar-refractivity contribution in [3.63, 3.8) is 0 Å². The van der Waals surface area contributed by atoms with Crippen molar-refractivity contribution in [3.05, 3.63) is 43.8 Å². The summed E-state index contributed by atoms with van der Waals surface area (Å²) in [7, 11) is 0. The van der Waals surface area contributed by atoms with Crippen molar-refractivity contribution in [2.75, 3.05) is 0 Å². The number of aromatic nitrogens is 1. The molecule has 3 heteroatoms. The molecule has 0 saturated carbocycles. The van der Waals surface area contributed by atoms with E-state index < -0.39 is 0 Å². The molecular formula is C11H10INO. The average molecular weight is 299 g/mol.